The van der Waals surface area contributed by atoms with Gasteiger partial charge in [-0.2, -0.15) is 5.10 Å². The highest BCUT2D eigenvalue weighted by atomic mass is 35.5. The number of nitrogens with zero attached hydrogens (tertiary/aromatic N) is 6. The van der Waals surface area contributed by atoms with Crippen molar-refractivity contribution in [2.75, 3.05) is 38.2 Å². The summed E-state index contributed by atoms with van der Waals surface area (Å²) in [5.41, 5.74) is 2.84. The van der Waals surface area contributed by atoms with E-state index >= 15 is 0 Å². The Morgan fingerprint density at radius 1 is 1.09 bits per heavy atom. The third-order valence-electron chi connectivity index (χ3n) is 6.32. The third kappa shape index (κ3) is 4.35. The Labute approximate surface area is 207 Å². The second-order valence-electron chi connectivity index (χ2n) is 8.44. The van der Waals surface area contributed by atoms with Crippen LogP contribution in [0.2, 0.25) is 5.02 Å². The van der Waals surface area contributed by atoms with Crippen molar-refractivity contribution in [2.45, 2.75) is 13.5 Å². The average Bonchev–Trinajstić information content (AvgIpc) is 3.32. The van der Waals surface area contributed by atoms with Gasteiger partial charge in [-0.3, -0.25) is 14.2 Å². The number of hydrogen-bond donors (Lipinski definition) is 0. The van der Waals surface area contributed by atoms with Crippen LogP contribution in [-0.2, 0) is 11.3 Å². The van der Waals surface area contributed by atoms with E-state index < -0.39 is 0 Å². The highest BCUT2D eigenvalue weighted by molar-refractivity contribution is 6.30. The molecule has 0 atom stereocenters. The molecule has 35 heavy (non-hydrogen) atoms. The number of carbonyl (C=O) groups is 1. The van der Waals surface area contributed by atoms with Gasteiger partial charge in [0, 0.05) is 31.2 Å². The maximum atomic E-state index is 13.1. The van der Waals surface area contributed by atoms with Gasteiger partial charge in [0.2, 0.25) is 5.91 Å². The molecule has 2 aromatic carbocycles. The summed E-state index contributed by atoms with van der Waals surface area (Å²) in [7, 11) is 1.65. The van der Waals surface area contributed by atoms with Crippen molar-refractivity contribution in [3.63, 3.8) is 0 Å². The standard InChI is InChI=1S/C25H25ClN6O3/c1-17-7-8-18(26)13-21(17)32-24-19(14-28-32)25(34)31(16-27-24)15-23(33)30-11-9-29(10-12-30)20-5-3-4-6-22(20)35-2/h3-8,13-14,16H,9-12,15H2,1-2H3. The molecule has 1 aliphatic heterocycles. The first kappa shape index (κ1) is 22.9. The highest BCUT2D eigenvalue weighted by Gasteiger charge is 2.24. The van der Waals surface area contributed by atoms with Crippen LogP contribution in [0.5, 0.6) is 5.75 Å². The van der Waals surface area contributed by atoms with Crippen molar-refractivity contribution in [1.29, 1.82) is 0 Å². The molecule has 2 aromatic heterocycles. The van der Waals surface area contributed by atoms with Gasteiger partial charge in [0.1, 0.15) is 24.0 Å². The SMILES string of the molecule is COc1ccccc1N1CCN(C(=O)Cn2cnc3c(cnn3-c3cc(Cl)ccc3C)c2=O)CC1. The second-order valence-corrected chi connectivity index (χ2v) is 8.88. The molecule has 1 amide bonds. The van der Waals surface area contributed by atoms with Crippen molar-refractivity contribution in [3.05, 3.63) is 75.9 Å². The lowest BCUT2D eigenvalue weighted by molar-refractivity contribution is -0.132. The summed E-state index contributed by atoms with van der Waals surface area (Å²) in [6.45, 7) is 4.36. The molecular weight excluding hydrogens is 468 g/mol. The summed E-state index contributed by atoms with van der Waals surface area (Å²) >= 11 is 6.15. The zero-order valence-electron chi connectivity index (χ0n) is 19.5. The molecule has 0 saturated carbocycles. The Morgan fingerprint density at radius 3 is 2.63 bits per heavy atom. The van der Waals surface area contributed by atoms with E-state index in [-0.39, 0.29) is 18.0 Å². The van der Waals surface area contributed by atoms with Crippen LogP contribution < -0.4 is 15.2 Å². The summed E-state index contributed by atoms with van der Waals surface area (Å²) in [4.78, 5) is 34.5. The lowest BCUT2D eigenvalue weighted by Crippen LogP contribution is -2.50. The minimum atomic E-state index is -0.304. The van der Waals surface area contributed by atoms with E-state index in [0.29, 0.717) is 42.2 Å². The first-order chi connectivity index (χ1) is 17.0. The van der Waals surface area contributed by atoms with E-state index in [1.165, 1.54) is 17.1 Å². The maximum absolute atomic E-state index is 13.1. The first-order valence-electron chi connectivity index (χ1n) is 11.3. The number of methoxy groups -OCH3 is 1. The largest absolute Gasteiger partial charge is 0.495 e. The molecule has 180 valence electrons. The minimum Gasteiger partial charge on any atom is -0.495 e. The van der Waals surface area contributed by atoms with Crippen molar-refractivity contribution in [2.24, 2.45) is 0 Å². The van der Waals surface area contributed by atoms with Gasteiger partial charge in [0.05, 0.1) is 24.7 Å². The van der Waals surface area contributed by atoms with Crippen molar-refractivity contribution in [3.8, 4) is 11.4 Å². The molecule has 1 aliphatic rings. The number of para-hydroxylation sites is 2. The van der Waals surface area contributed by atoms with Crippen molar-refractivity contribution >= 4 is 34.2 Å². The number of fused-ring (bicyclic) bond motifs is 1. The summed E-state index contributed by atoms with van der Waals surface area (Å²) in [5.74, 6) is 0.692. The summed E-state index contributed by atoms with van der Waals surface area (Å²) in [6.07, 6.45) is 2.89. The van der Waals surface area contributed by atoms with Crippen LogP contribution in [0.15, 0.2) is 59.8 Å². The maximum Gasteiger partial charge on any atom is 0.264 e. The molecule has 0 aliphatic carbocycles. The van der Waals surface area contributed by atoms with E-state index in [0.717, 1.165) is 22.7 Å². The monoisotopic (exact) mass is 492 g/mol. The number of piperazine rings is 1. The van der Waals surface area contributed by atoms with Crippen molar-refractivity contribution < 1.29 is 9.53 Å². The quantitative estimate of drug-likeness (QED) is 0.426. The van der Waals surface area contributed by atoms with Crippen LogP contribution in [0.25, 0.3) is 16.7 Å². The molecule has 5 rings (SSSR count). The molecule has 9 nitrogen and oxygen atoms in total. The molecular formula is C25H25ClN6O3. The van der Waals surface area contributed by atoms with E-state index in [1.807, 2.05) is 37.3 Å². The number of carbonyl (C=O) groups excluding carboxylic acids is 1. The van der Waals surface area contributed by atoms with Crippen LogP contribution in [0.3, 0.4) is 0 Å². The Bertz CT molecular complexity index is 1460. The smallest absolute Gasteiger partial charge is 0.264 e. The van der Waals surface area contributed by atoms with Gasteiger partial charge >= 0.3 is 0 Å². The second kappa shape index (κ2) is 9.42. The fourth-order valence-corrected chi connectivity index (χ4v) is 4.55. The number of halogens is 1. The number of aromatic nitrogens is 4. The summed E-state index contributed by atoms with van der Waals surface area (Å²) in [5, 5.41) is 5.28. The van der Waals surface area contributed by atoms with Gasteiger partial charge < -0.3 is 14.5 Å². The van der Waals surface area contributed by atoms with E-state index in [1.54, 1.807) is 28.8 Å². The molecule has 0 N–H and O–H groups in total. The molecule has 0 bridgehead atoms. The molecule has 0 spiro atoms. The predicted octanol–water partition coefficient (Wildman–Crippen LogP) is 2.90. The number of ether oxygens (including phenoxy) is 1. The van der Waals surface area contributed by atoms with Gasteiger partial charge in [-0.1, -0.05) is 29.8 Å². The van der Waals surface area contributed by atoms with Crippen LogP contribution in [0.1, 0.15) is 5.56 Å². The molecule has 0 radical (unpaired) electrons. The van der Waals surface area contributed by atoms with Gasteiger partial charge in [-0.15, -0.1) is 0 Å². The van der Waals surface area contributed by atoms with Crippen molar-refractivity contribution in [1.82, 2.24) is 24.2 Å². The van der Waals surface area contributed by atoms with Crippen LogP contribution in [0.4, 0.5) is 5.69 Å². The van der Waals surface area contributed by atoms with E-state index in [2.05, 4.69) is 15.0 Å². The Morgan fingerprint density at radius 2 is 1.86 bits per heavy atom. The Balaban J connectivity index is 1.31. The topological polar surface area (TPSA) is 85.5 Å². The summed E-state index contributed by atoms with van der Waals surface area (Å²) < 4.78 is 8.40. The fraction of sp³-hybridized carbons (Fsp3) is 0.280. The lowest BCUT2D eigenvalue weighted by Gasteiger charge is -2.36. The number of anilines is 1. The molecule has 10 heteroatoms. The Kier molecular flexibility index (Phi) is 6.17. The van der Waals surface area contributed by atoms with E-state index in [4.69, 9.17) is 16.3 Å². The van der Waals surface area contributed by atoms with Crippen LogP contribution in [-0.4, -0.2) is 63.4 Å². The lowest BCUT2D eigenvalue weighted by atomic mass is 10.2. The van der Waals surface area contributed by atoms with Crippen LogP contribution in [0, 0.1) is 6.92 Å². The number of hydrogen-bond acceptors (Lipinski definition) is 6. The molecule has 3 heterocycles. The van der Waals surface area contributed by atoms with Crippen LogP contribution >= 0.6 is 11.6 Å². The normalized spacial score (nSPS) is 13.9. The number of amides is 1. The number of benzene rings is 2. The van der Waals surface area contributed by atoms with Gasteiger partial charge in [0.25, 0.3) is 5.56 Å². The first-order valence-corrected chi connectivity index (χ1v) is 11.7. The molecule has 1 saturated heterocycles. The number of rotatable bonds is 5. The fourth-order valence-electron chi connectivity index (χ4n) is 4.38. The average molecular weight is 493 g/mol. The molecule has 0 unspecified atom stereocenters. The van der Waals surface area contributed by atoms with Gasteiger partial charge in [0.15, 0.2) is 5.65 Å². The summed E-state index contributed by atoms with van der Waals surface area (Å²) in [6, 6.07) is 13.3. The minimum absolute atomic E-state index is 0.0716. The van der Waals surface area contributed by atoms with Gasteiger partial charge in [-0.05, 0) is 36.8 Å². The third-order valence-corrected chi connectivity index (χ3v) is 6.55. The molecule has 1 fully saturated rings. The highest BCUT2D eigenvalue weighted by Crippen LogP contribution is 2.28. The zero-order valence-corrected chi connectivity index (χ0v) is 20.3. The molecule has 4 aromatic rings. The Hall–Kier alpha value is -3.85. The predicted molar refractivity (Wildman–Crippen MR) is 135 cm³/mol. The zero-order chi connectivity index (χ0) is 24.5. The number of aryl methyl sites for hydroxylation is 1. The van der Waals surface area contributed by atoms with E-state index in [9.17, 15) is 9.59 Å². The van der Waals surface area contributed by atoms with Gasteiger partial charge in [-0.25, -0.2) is 9.67 Å².